The van der Waals surface area contributed by atoms with Crippen LogP contribution in [0.25, 0.3) is 0 Å². The van der Waals surface area contributed by atoms with E-state index in [-0.39, 0.29) is 5.82 Å². The summed E-state index contributed by atoms with van der Waals surface area (Å²) in [5, 5.41) is 7.24. The van der Waals surface area contributed by atoms with Gasteiger partial charge in [-0.15, -0.1) is 0 Å². The third-order valence-corrected chi connectivity index (χ3v) is 3.03. The van der Waals surface area contributed by atoms with Gasteiger partial charge in [-0.1, -0.05) is 15.9 Å². The van der Waals surface area contributed by atoms with Gasteiger partial charge in [0, 0.05) is 4.47 Å². The van der Waals surface area contributed by atoms with Gasteiger partial charge in [-0.05, 0) is 30.8 Å². The Kier molecular flexibility index (Phi) is 3.86. The van der Waals surface area contributed by atoms with Crippen molar-refractivity contribution >= 4 is 15.9 Å². The molecule has 0 atom stereocenters. The highest BCUT2D eigenvalue weighted by atomic mass is 79.9. The van der Waals surface area contributed by atoms with E-state index in [0.717, 1.165) is 15.9 Å². The van der Waals surface area contributed by atoms with Gasteiger partial charge in [0.2, 0.25) is 0 Å². The van der Waals surface area contributed by atoms with Crippen LogP contribution in [0.1, 0.15) is 11.4 Å². The van der Waals surface area contributed by atoms with Crippen LogP contribution >= 0.6 is 15.9 Å². The fraction of sp³-hybridized carbons (Fsp3) is 0.273. The Morgan fingerprint density at radius 2 is 2.29 bits per heavy atom. The molecule has 0 unspecified atom stereocenters. The third-order valence-electron chi connectivity index (χ3n) is 2.26. The number of benzene rings is 1. The van der Waals surface area contributed by atoms with Crippen LogP contribution in [-0.2, 0) is 13.1 Å². The number of rotatable bonds is 4. The Bertz CT molecular complexity index is 512. The second-order valence-corrected chi connectivity index (χ2v) is 4.48. The fourth-order valence-electron chi connectivity index (χ4n) is 1.49. The molecule has 4 nitrogen and oxygen atoms in total. The van der Waals surface area contributed by atoms with Crippen LogP contribution in [0.3, 0.4) is 0 Å². The van der Waals surface area contributed by atoms with E-state index in [1.54, 1.807) is 17.1 Å². The summed E-state index contributed by atoms with van der Waals surface area (Å²) in [5.74, 6) is 0.471. The van der Waals surface area contributed by atoms with Crippen molar-refractivity contribution in [2.24, 2.45) is 0 Å². The van der Waals surface area contributed by atoms with Crippen molar-refractivity contribution in [2.45, 2.75) is 13.1 Å². The molecule has 0 aliphatic rings. The van der Waals surface area contributed by atoms with Crippen LogP contribution in [0.4, 0.5) is 4.39 Å². The summed E-state index contributed by atoms with van der Waals surface area (Å²) in [6.07, 6.45) is 1.64. The van der Waals surface area contributed by atoms with Gasteiger partial charge in [0.25, 0.3) is 0 Å². The summed E-state index contributed by atoms with van der Waals surface area (Å²) in [5.41, 5.74) is 0.839. The van der Waals surface area contributed by atoms with E-state index in [1.165, 1.54) is 12.1 Å². The first-order valence-corrected chi connectivity index (χ1v) is 5.95. The van der Waals surface area contributed by atoms with Crippen molar-refractivity contribution in [3.8, 4) is 0 Å². The largest absolute Gasteiger partial charge is 0.313 e. The summed E-state index contributed by atoms with van der Waals surface area (Å²) in [4.78, 5) is 4.13. The molecule has 1 aromatic carbocycles. The van der Waals surface area contributed by atoms with Crippen LogP contribution in [-0.4, -0.2) is 21.8 Å². The highest BCUT2D eigenvalue weighted by Gasteiger charge is 2.05. The first-order valence-electron chi connectivity index (χ1n) is 5.16. The Balaban J connectivity index is 2.16. The lowest BCUT2D eigenvalue weighted by Gasteiger charge is -2.04. The average Bonchev–Trinajstić information content (AvgIpc) is 2.72. The third kappa shape index (κ3) is 3.10. The summed E-state index contributed by atoms with van der Waals surface area (Å²) in [6, 6.07) is 4.60. The van der Waals surface area contributed by atoms with E-state index >= 15 is 0 Å². The summed E-state index contributed by atoms with van der Waals surface area (Å²) < 4.78 is 15.7. The van der Waals surface area contributed by atoms with Crippen LogP contribution < -0.4 is 5.32 Å². The smallest absolute Gasteiger partial charge is 0.164 e. The molecule has 0 fully saturated rings. The minimum Gasteiger partial charge on any atom is -0.313 e. The summed E-state index contributed by atoms with van der Waals surface area (Å²) in [6.45, 7) is 1.12. The standard InChI is InChI=1S/C11H12BrFN4/c1-14-5-11-15-7-17(16-11)6-8-4-9(13)2-3-10(8)12/h2-4,7,14H,5-6H2,1H3. The molecule has 1 heterocycles. The van der Waals surface area contributed by atoms with Gasteiger partial charge in [0.15, 0.2) is 5.82 Å². The van der Waals surface area contributed by atoms with E-state index in [0.29, 0.717) is 13.1 Å². The van der Waals surface area contributed by atoms with E-state index in [2.05, 4.69) is 31.3 Å². The van der Waals surface area contributed by atoms with Gasteiger partial charge in [-0.25, -0.2) is 14.1 Å². The fourth-order valence-corrected chi connectivity index (χ4v) is 1.86. The van der Waals surface area contributed by atoms with Crippen molar-refractivity contribution in [1.29, 1.82) is 0 Å². The Morgan fingerprint density at radius 3 is 3.06 bits per heavy atom. The zero-order valence-corrected chi connectivity index (χ0v) is 10.9. The highest BCUT2D eigenvalue weighted by Crippen LogP contribution is 2.18. The molecule has 0 radical (unpaired) electrons. The summed E-state index contributed by atoms with van der Waals surface area (Å²) in [7, 11) is 1.84. The van der Waals surface area contributed by atoms with Gasteiger partial charge in [0.1, 0.15) is 12.1 Å². The number of hydrogen-bond donors (Lipinski definition) is 1. The number of halogens is 2. The lowest BCUT2D eigenvalue weighted by Crippen LogP contribution is -2.08. The maximum atomic E-state index is 13.1. The Hall–Kier alpha value is -1.27. The number of hydrogen-bond acceptors (Lipinski definition) is 3. The molecular weight excluding hydrogens is 287 g/mol. The molecule has 0 amide bonds. The topological polar surface area (TPSA) is 42.7 Å². The first-order chi connectivity index (χ1) is 8.19. The maximum absolute atomic E-state index is 13.1. The molecule has 0 bridgehead atoms. The number of nitrogens with zero attached hydrogens (tertiary/aromatic N) is 3. The van der Waals surface area contributed by atoms with E-state index in [4.69, 9.17) is 0 Å². The van der Waals surface area contributed by atoms with Crippen molar-refractivity contribution < 1.29 is 4.39 Å². The zero-order chi connectivity index (χ0) is 12.3. The van der Waals surface area contributed by atoms with Crippen LogP contribution in [0.15, 0.2) is 29.0 Å². The van der Waals surface area contributed by atoms with Gasteiger partial charge in [0.05, 0.1) is 13.1 Å². The highest BCUT2D eigenvalue weighted by molar-refractivity contribution is 9.10. The summed E-state index contributed by atoms with van der Waals surface area (Å²) >= 11 is 3.38. The van der Waals surface area contributed by atoms with E-state index in [1.807, 2.05) is 7.05 Å². The molecule has 90 valence electrons. The lowest BCUT2D eigenvalue weighted by molar-refractivity contribution is 0.615. The van der Waals surface area contributed by atoms with Gasteiger partial charge in [-0.2, -0.15) is 5.10 Å². The second kappa shape index (κ2) is 5.37. The molecule has 0 aliphatic heterocycles. The quantitative estimate of drug-likeness (QED) is 0.938. The number of nitrogens with one attached hydrogen (secondary N) is 1. The van der Waals surface area contributed by atoms with Gasteiger partial charge >= 0.3 is 0 Å². The van der Waals surface area contributed by atoms with Crippen LogP contribution in [0, 0.1) is 5.82 Å². The zero-order valence-electron chi connectivity index (χ0n) is 9.32. The average molecular weight is 299 g/mol. The molecule has 2 aromatic rings. The van der Waals surface area contributed by atoms with Crippen LogP contribution in [0.5, 0.6) is 0 Å². The molecule has 1 aromatic heterocycles. The molecule has 0 saturated carbocycles. The predicted molar refractivity (Wildman–Crippen MR) is 66.0 cm³/mol. The minimum atomic E-state index is -0.251. The minimum absolute atomic E-state index is 0.251. The molecule has 0 aliphatic carbocycles. The van der Waals surface area contributed by atoms with Gasteiger partial charge < -0.3 is 5.32 Å². The number of aromatic nitrogens is 3. The molecular formula is C11H12BrFN4. The molecule has 1 N–H and O–H groups in total. The van der Waals surface area contributed by atoms with E-state index in [9.17, 15) is 4.39 Å². The lowest BCUT2D eigenvalue weighted by atomic mass is 10.2. The van der Waals surface area contributed by atoms with Crippen LogP contribution in [0.2, 0.25) is 0 Å². The monoisotopic (exact) mass is 298 g/mol. The second-order valence-electron chi connectivity index (χ2n) is 3.62. The maximum Gasteiger partial charge on any atom is 0.164 e. The Morgan fingerprint density at radius 1 is 1.47 bits per heavy atom. The molecule has 2 rings (SSSR count). The molecule has 6 heteroatoms. The molecule has 17 heavy (non-hydrogen) atoms. The first kappa shape index (κ1) is 12.2. The SMILES string of the molecule is CNCc1ncn(Cc2cc(F)ccc2Br)n1. The van der Waals surface area contributed by atoms with Crippen molar-refractivity contribution in [1.82, 2.24) is 20.1 Å². The van der Waals surface area contributed by atoms with E-state index < -0.39 is 0 Å². The Labute approximate surface area is 107 Å². The molecule has 0 saturated heterocycles. The predicted octanol–water partition coefficient (Wildman–Crippen LogP) is 1.95. The van der Waals surface area contributed by atoms with Crippen molar-refractivity contribution in [3.05, 3.63) is 46.2 Å². The molecule has 0 spiro atoms. The van der Waals surface area contributed by atoms with Crippen molar-refractivity contribution in [2.75, 3.05) is 7.05 Å². The van der Waals surface area contributed by atoms with Crippen molar-refractivity contribution in [3.63, 3.8) is 0 Å². The normalized spacial score (nSPS) is 10.8. The van der Waals surface area contributed by atoms with Gasteiger partial charge in [-0.3, -0.25) is 0 Å².